The number of nitrogens with one attached hydrogen (secondary N) is 2. The van der Waals surface area contributed by atoms with Gasteiger partial charge in [0.25, 0.3) is 0 Å². The molecule has 2 N–H and O–H groups in total. The molecule has 1 aliphatic heterocycles. The van der Waals surface area contributed by atoms with Crippen LogP contribution in [0.5, 0.6) is 0 Å². The highest BCUT2D eigenvalue weighted by atomic mass is 15.0. The van der Waals surface area contributed by atoms with Crippen molar-refractivity contribution in [1.82, 2.24) is 15.6 Å². The summed E-state index contributed by atoms with van der Waals surface area (Å²) < 4.78 is 0. The van der Waals surface area contributed by atoms with Gasteiger partial charge in [0.2, 0.25) is 0 Å². The van der Waals surface area contributed by atoms with Gasteiger partial charge in [-0.2, -0.15) is 0 Å². The summed E-state index contributed by atoms with van der Waals surface area (Å²) in [5, 5.41) is 8.86. The molecule has 0 aliphatic carbocycles. The molecule has 3 aromatic rings. The summed E-state index contributed by atoms with van der Waals surface area (Å²) in [6, 6.07) is 17.1. The Morgan fingerprint density at radius 1 is 1.00 bits per heavy atom. The Morgan fingerprint density at radius 3 is 2.52 bits per heavy atom. The van der Waals surface area contributed by atoms with Gasteiger partial charge < -0.3 is 10.6 Å². The lowest BCUT2D eigenvalue weighted by molar-refractivity contribution is 0.499. The molecule has 0 unspecified atom stereocenters. The highest BCUT2D eigenvalue weighted by Crippen LogP contribution is 2.29. The van der Waals surface area contributed by atoms with E-state index >= 15 is 0 Å². The first kappa shape index (κ1) is 22.5. The van der Waals surface area contributed by atoms with Crippen LogP contribution in [0.15, 0.2) is 84.5 Å². The largest absolute Gasteiger partial charge is 0.387 e. The van der Waals surface area contributed by atoms with Gasteiger partial charge >= 0.3 is 0 Å². The fraction of sp³-hybridized carbons (Fsp3) is 0.241. The number of hydrogen-bond donors (Lipinski definition) is 2. The van der Waals surface area contributed by atoms with Gasteiger partial charge in [0.05, 0.1) is 17.9 Å². The fourth-order valence-electron chi connectivity index (χ4n) is 4.00. The summed E-state index contributed by atoms with van der Waals surface area (Å²) in [6.07, 6.45) is 4.83. The highest BCUT2D eigenvalue weighted by molar-refractivity contribution is 6.03. The Kier molecular flexibility index (Phi) is 6.19. The Bertz CT molecular complexity index is 1290. The number of nitrogens with zero attached hydrogens (tertiary/aromatic N) is 2. The van der Waals surface area contributed by atoms with E-state index in [0.717, 1.165) is 41.5 Å². The molecule has 0 saturated carbocycles. The quantitative estimate of drug-likeness (QED) is 0.501. The van der Waals surface area contributed by atoms with Crippen molar-refractivity contribution in [3.63, 3.8) is 0 Å². The molecule has 0 saturated heterocycles. The maximum atomic E-state index is 4.65. The van der Waals surface area contributed by atoms with E-state index < -0.39 is 0 Å². The number of hydrogen-bond acceptors (Lipinski definition) is 4. The van der Waals surface area contributed by atoms with E-state index in [4.69, 9.17) is 0 Å². The van der Waals surface area contributed by atoms with Gasteiger partial charge in [-0.25, -0.2) is 0 Å². The summed E-state index contributed by atoms with van der Waals surface area (Å²) in [7, 11) is 1.86. The second-order valence-corrected chi connectivity index (χ2v) is 9.54. The van der Waals surface area contributed by atoms with Crippen molar-refractivity contribution in [3.8, 4) is 0 Å². The van der Waals surface area contributed by atoms with Crippen LogP contribution < -0.4 is 10.6 Å². The molecule has 0 amide bonds. The minimum absolute atomic E-state index is 0.125. The van der Waals surface area contributed by atoms with E-state index in [-0.39, 0.29) is 5.41 Å². The van der Waals surface area contributed by atoms with E-state index in [1.54, 1.807) is 0 Å². The third kappa shape index (κ3) is 5.06. The van der Waals surface area contributed by atoms with Crippen LogP contribution >= 0.6 is 0 Å². The molecule has 0 fully saturated rings. The molecule has 0 spiro atoms. The minimum Gasteiger partial charge on any atom is -0.387 e. The first-order chi connectivity index (χ1) is 15.7. The van der Waals surface area contributed by atoms with Crippen LogP contribution in [0.25, 0.3) is 22.2 Å². The number of pyridine rings is 1. The Morgan fingerprint density at radius 2 is 1.79 bits per heavy atom. The number of rotatable bonds is 6. The first-order valence-electron chi connectivity index (χ1n) is 11.3. The van der Waals surface area contributed by atoms with E-state index in [9.17, 15) is 0 Å². The van der Waals surface area contributed by atoms with Crippen LogP contribution in [0.1, 0.15) is 43.2 Å². The number of aromatic nitrogens is 1. The van der Waals surface area contributed by atoms with Gasteiger partial charge in [-0.15, -0.1) is 0 Å². The first-order valence-corrected chi connectivity index (χ1v) is 11.3. The zero-order valence-electron chi connectivity index (χ0n) is 20.0. The predicted octanol–water partition coefficient (Wildman–Crippen LogP) is 5.96. The average molecular weight is 437 g/mol. The molecule has 33 heavy (non-hydrogen) atoms. The van der Waals surface area contributed by atoms with E-state index in [0.29, 0.717) is 0 Å². The molecule has 2 heterocycles. The Balaban J connectivity index is 1.55. The van der Waals surface area contributed by atoms with Gasteiger partial charge in [-0.05, 0) is 57.5 Å². The second kappa shape index (κ2) is 9.07. The standard InChI is InChI=1S/C29H32N4/c1-19(33-28-17-24(18-32-28)29(3,4)5)25-9-7-8-23-15-21(10-11-26(23)25)14-22-12-13-31-27(16-22)20(2)30-6/h7-13,15-17,30H,1-2,14,18H2,3-6H3,(H,32,33). The van der Waals surface area contributed by atoms with Gasteiger partial charge in [-0.1, -0.05) is 70.3 Å². The second-order valence-electron chi connectivity index (χ2n) is 9.54. The van der Waals surface area contributed by atoms with Crippen LogP contribution in [0.3, 0.4) is 0 Å². The third-order valence-corrected chi connectivity index (χ3v) is 6.09. The molecule has 0 bridgehead atoms. The fourth-order valence-corrected chi connectivity index (χ4v) is 4.00. The van der Waals surface area contributed by atoms with Gasteiger partial charge in [0, 0.05) is 24.5 Å². The van der Waals surface area contributed by atoms with E-state index in [1.807, 2.05) is 13.2 Å². The van der Waals surface area contributed by atoms with Crippen LogP contribution in [0.4, 0.5) is 0 Å². The molecular formula is C29H32N4. The molecule has 4 nitrogen and oxygen atoms in total. The SMILES string of the molecule is C=C(NC)c1cc(Cc2ccc3c(C(=C)NC4=NCC(C(C)(C)C)=C4)cccc3c2)ccn1. The Labute approximate surface area is 196 Å². The molecular weight excluding hydrogens is 404 g/mol. The number of fused-ring (bicyclic) bond motifs is 1. The van der Waals surface area contributed by atoms with Crippen molar-refractivity contribution in [2.24, 2.45) is 10.4 Å². The monoisotopic (exact) mass is 436 g/mol. The number of amidine groups is 1. The van der Waals surface area contributed by atoms with E-state index in [2.05, 4.69) is 109 Å². The topological polar surface area (TPSA) is 49.3 Å². The van der Waals surface area contributed by atoms with Gasteiger partial charge in [0.1, 0.15) is 5.84 Å². The lowest BCUT2D eigenvalue weighted by atomic mass is 9.87. The summed E-state index contributed by atoms with van der Waals surface area (Å²) in [5.74, 6) is 0.884. The molecule has 4 heteroatoms. The number of benzene rings is 2. The number of aliphatic imine (C=N–C) groups is 1. The lowest BCUT2D eigenvalue weighted by Crippen LogP contribution is -2.18. The van der Waals surface area contributed by atoms with Crippen molar-refractivity contribution >= 4 is 28.0 Å². The molecule has 0 atom stereocenters. The van der Waals surface area contributed by atoms with Gasteiger partial charge in [0.15, 0.2) is 0 Å². The van der Waals surface area contributed by atoms with Gasteiger partial charge in [-0.3, -0.25) is 9.98 Å². The van der Waals surface area contributed by atoms with Crippen LogP contribution in [-0.2, 0) is 6.42 Å². The summed E-state index contributed by atoms with van der Waals surface area (Å²) in [4.78, 5) is 9.05. The van der Waals surface area contributed by atoms with Crippen molar-refractivity contribution < 1.29 is 0 Å². The van der Waals surface area contributed by atoms with Crippen LogP contribution in [-0.4, -0.2) is 24.4 Å². The highest BCUT2D eigenvalue weighted by Gasteiger charge is 2.21. The Hall–Kier alpha value is -3.66. The van der Waals surface area contributed by atoms with Crippen molar-refractivity contribution in [2.75, 3.05) is 13.6 Å². The maximum absolute atomic E-state index is 4.65. The zero-order valence-corrected chi connectivity index (χ0v) is 20.0. The molecule has 1 aliphatic rings. The molecule has 168 valence electrons. The van der Waals surface area contributed by atoms with Crippen molar-refractivity contribution in [3.05, 3.63) is 102 Å². The molecule has 1 aromatic heterocycles. The van der Waals surface area contributed by atoms with Crippen molar-refractivity contribution in [2.45, 2.75) is 27.2 Å². The zero-order chi connectivity index (χ0) is 23.6. The summed E-state index contributed by atoms with van der Waals surface area (Å²) in [5.41, 5.74) is 7.57. The molecule has 2 aromatic carbocycles. The van der Waals surface area contributed by atoms with Crippen LogP contribution in [0, 0.1) is 5.41 Å². The smallest absolute Gasteiger partial charge is 0.125 e. The third-order valence-electron chi connectivity index (χ3n) is 6.09. The van der Waals surface area contributed by atoms with E-state index in [1.165, 1.54) is 27.5 Å². The van der Waals surface area contributed by atoms with Crippen molar-refractivity contribution in [1.29, 1.82) is 0 Å². The molecule has 4 rings (SSSR count). The minimum atomic E-state index is 0.125. The lowest BCUT2D eigenvalue weighted by Gasteiger charge is -2.18. The average Bonchev–Trinajstić information content (AvgIpc) is 3.27. The van der Waals surface area contributed by atoms with Crippen LogP contribution in [0.2, 0.25) is 0 Å². The maximum Gasteiger partial charge on any atom is 0.125 e. The molecule has 0 radical (unpaired) electrons. The summed E-state index contributed by atoms with van der Waals surface area (Å²) in [6.45, 7) is 15.7. The summed E-state index contributed by atoms with van der Waals surface area (Å²) >= 11 is 0. The predicted molar refractivity (Wildman–Crippen MR) is 141 cm³/mol. The normalized spacial score (nSPS) is 13.5.